The summed E-state index contributed by atoms with van der Waals surface area (Å²) < 4.78 is 16.4. The lowest BCUT2D eigenvalue weighted by Crippen LogP contribution is -1.95. The van der Waals surface area contributed by atoms with Gasteiger partial charge in [0.15, 0.2) is 11.5 Å². The van der Waals surface area contributed by atoms with Crippen LogP contribution in [0, 0.1) is 0 Å². The Morgan fingerprint density at radius 2 is 1.68 bits per heavy atom. The summed E-state index contributed by atoms with van der Waals surface area (Å²) in [6.45, 7) is 0. The van der Waals surface area contributed by atoms with Gasteiger partial charge in [-0.15, -0.1) is 0 Å². The van der Waals surface area contributed by atoms with E-state index in [1.54, 1.807) is 50.6 Å². The lowest BCUT2D eigenvalue weighted by molar-refractivity contribution is 0.334. The molecule has 0 fully saturated rings. The molecule has 0 spiro atoms. The molecule has 0 bridgehead atoms. The van der Waals surface area contributed by atoms with Crippen molar-refractivity contribution in [2.75, 3.05) is 14.2 Å². The molecule has 3 rings (SSSR count). The molecular formula is C17H15NO4. The summed E-state index contributed by atoms with van der Waals surface area (Å²) in [5.41, 5.74) is 0.652. The van der Waals surface area contributed by atoms with Crippen LogP contribution < -0.4 is 14.2 Å². The lowest BCUT2D eigenvalue weighted by atomic mass is 10.2. The highest BCUT2D eigenvalue weighted by atomic mass is 16.5. The number of pyridine rings is 1. The van der Waals surface area contributed by atoms with Crippen LogP contribution in [0.4, 0.5) is 0 Å². The zero-order valence-corrected chi connectivity index (χ0v) is 12.2. The molecule has 0 saturated carbocycles. The van der Waals surface area contributed by atoms with Gasteiger partial charge < -0.3 is 19.3 Å². The number of hydrogen-bond donors (Lipinski definition) is 1. The van der Waals surface area contributed by atoms with E-state index in [0.717, 1.165) is 5.39 Å². The fourth-order valence-electron chi connectivity index (χ4n) is 2.19. The Balaban J connectivity index is 1.99. The van der Waals surface area contributed by atoms with Crippen LogP contribution in [0.15, 0.2) is 48.5 Å². The topological polar surface area (TPSA) is 60.8 Å². The van der Waals surface area contributed by atoms with E-state index in [-0.39, 0.29) is 5.75 Å². The van der Waals surface area contributed by atoms with Gasteiger partial charge in [-0.1, -0.05) is 6.07 Å². The number of phenols is 1. The van der Waals surface area contributed by atoms with Crippen molar-refractivity contribution in [3.8, 4) is 28.9 Å². The molecule has 0 saturated heterocycles. The molecule has 0 aliphatic carbocycles. The third-order valence-corrected chi connectivity index (χ3v) is 3.23. The van der Waals surface area contributed by atoms with Crippen molar-refractivity contribution in [3.63, 3.8) is 0 Å². The number of ether oxygens (including phenoxy) is 3. The highest BCUT2D eigenvalue weighted by Gasteiger charge is 2.12. The molecule has 1 heterocycles. The predicted molar refractivity (Wildman–Crippen MR) is 83.0 cm³/mol. The summed E-state index contributed by atoms with van der Waals surface area (Å²) in [6.07, 6.45) is 0. The smallest absolute Gasteiger partial charge is 0.220 e. The predicted octanol–water partition coefficient (Wildman–Crippen LogP) is 3.75. The Morgan fingerprint density at radius 3 is 2.45 bits per heavy atom. The Kier molecular flexibility index (Phi) is 3.70. The number of fused-ring (bicyclic) bond motifs is 1. The van der Waals surface area contributed by atoms with Crippen molar-refractivity contribution in [2.45, 2.75) is 0 Å². The average molecular weight is 297 g/mol. The third-order valence-electron chi connectivity index (χ3n) is 3.23. The fourth-order valence-corrected chi connectivity index (χ4v) is 2.19. The molecular weight excluding hydrogens is 282 g/mol. The van der Waals surface area contributed by atoms with Crippen LogP contribution in [-0.2, 0) is 0 Å². The Hall–Kier alpha value is -2.95. The summed E-state index contributed by atoms with van der Waals surface area (Å²) in [5.74, 6) is 2.16. The number of rotatable bonds is 4. The van der Waals surface area contributed by atoms with Crippen molar-refractivity contribution in [3.05, 3.63) is 48.5 Å². The molecule has 0 aliphatic rings. The summed E-state index contributed by atoms with van der Waals surface area (Å²) in [4.78, 5) is 4.38. The Bertz CT molecular complexity index is 817. The molecule has 0 amide bonds. The molecule has 112 valence electrons. The van der Waals surface area contributed by atoms with E-state index >= 15 is 0 Å². The highest BCUT2D eigenvalue weighted by Crippen LogP contribution is 2.38. The van der Waals surface area contributed by atoms with Crippen molar-refractivity contribution < 1.29 is 19.3 Å². The van der Waals surface area contributed by atoms with Gasteiger partial charge in [0.2, 0.25) is 11.6 Å². The lowest BCUT2D eigenvalue weighted by Gasteiger charge is -2.13. The molecule has 0 atom stereocenters. The van der Waals surface area contributed by atoms with Crippen molar-refractivity contribution in [2.24, 2.45) is 0 Å². The van der Waals surface area contributed by atoms with Crippen LogP contribution >= 0.6 is 0 Å². The maximum absolute atomic E-state index is 9.54. The maximum atomic E-state index is 9.54. The van der Waals surface area contributed by atoms with Gasteiger partial charge in [0, 0.05) is 17.5 Å². The first-order valence-corrected chi connectivity index (χ1v) is 6.70. The van der Waals surface area contributed by atoms with Crippen LogP contribution in [0.3, 0.4) is 0 Å². The molecule has 1 aromatic heterocycles. The minimum absolute atomic E-state index is 0.163. The van der Waals surface area contributed by atoms with Gasteiger partial charge in [-0.3, -0.25) is 0 Å². The molecule has 0 aliphatic heterocycles. The Labute approximate surface area is 127 Å². The number of aromatic nitrogens is 1. The Morgan fingerprint density at radius 1 is 0.909 bits per heavy atom. The van der Waals surface area contributed by atoms with E-state index in [4.69, 9.17) is 14.2 Å². The van der Waals surface area contributed by atoms with E-state index in [1.165, 1.54) is 0 Å². The number of benzene rings is 2. The highest BCUT2D eigenvalue weighted by molar-refractivity contribution is 5.80. The molecule has 3 aromatic rings. The first kappa shape index (κ1) is 14.0. The van der Waals surface area contributed by atoms with E-state index < -0.39 is 0 Å². The number of nitrogens with zero attached hydrogens (tertiary/aromatic N) is 1. The van der Waals surface area contributed by atoms with Crippen LogP contribution in [0.5, 0.6) is 28.9 Å². The number of hydrogen-bond acceptors (Lipinski definition) is 5. The number of methoxy groups -OCH3 is 2. The van der Waals surface area contributed by atoms with Gasteiger partial charge in [0.25, 0.3) is 0 Å². The van der Waals surface area contributed by atoms with Gasteiger partial charge in [-0.25, -0.2) is 4.98 Å². The second kappa shape index (κ2) is 5.81. The van der Waals surface area contributed by atoms with Crippen LogP contribution in [0.25, 0.3) is 10.9 Å². The molecule has 0 radical (unpaired) electrons. The molecule has 1 N–H and O–H groups in total. The molecule has 2 aromatic carbocycles. The molecule has 5 nitrogen and oxygen atoms in total. The van der Waals surface area contributed by atoms with Gasteiger partial charge >= 0.3 is 0 Å². The van der Waals surface area contributed by atoms with Crippen LogP contribution in [-0.4, -0.2) is 24.3 Å². The van der Waals surface area contributed by atoms with Crippen molar-refractivity contribution in [1.82, 2.24) is 4.98 Å². The van der Waals surface area contributed by atoms with Gasteiger partial charge in [0.05, 0.1) is 19.7 Å². The average Bonchev–Trinajstić information content (AvgIpc) is 2.54. The van der Waals surface area contributed by atoms with E-state index in [0.29, 0.717) is 28.6 Å². The first-order valence-electron chi connectivity index (χ1n) is 6.70. The number of phenolic OH excluding ortho intramolecular Hbond substituents is 1. The monoisotopic (exact) mass is 297 g/mol. The summed E-state index contributed by atoms with van der Waals surface area (Å²) in [5, 5.41) is 10.5. The molecule has 0 unspecified atom stereocenters. The number of aromatic hydroxyl groups is 1. The van der Waals surface area contributed by atoms with Crippen molar-refractivity contribution >= 4 is 10.9 Å². The summed E-state index contributed by atoms with van der Waals surface area (Å²) in [6, 6.07) is 14.0. The SMILES string of the molecule is COc1cccc(Oc2ccc3ccc(O)cc3n2)c1OC. The van der Waals surface area contributed by atoms with Crippen LogP contribution in [0.1, 0.15) is 0 Å². The molecule has 5 heteroatoms. The minimum atomic E-state index is 0.163. The number of para-hydroxylation sites is 1. The second-order valence-electron chi connectivity index (χ2n) is 4.62. The largest absolute Gasteiger partial charge is 0.508 e. The second-order valence-corrected chi connectivity index (χ2v) is 4.62. The molecule has 22 heavy (non-hydrogen) atoms. The summed E-state index contributed by atoms with van der Waals surface area (Å²) in [7, 11) is 3.12. The first-order chi connectivity index (χ1) is 10.7. The van der Waals surface area contributed by atoms with Gasteiger partial charge in [-0.05, 0) is 30.3 Å². The van der Waals surface area contributed by atoms with Crippen molar-refractivity contribution in [1.29, 1.82) is 0 Å². The van der Waals surface area contributed by atoms with E-state index in [2.05, 4.69) is 4.98 Å². The normalized spacial score (nSPS) is 10.5. The minimum Gasteiger partial charge on any atom is -0.508 e. The quantitative estimate of drug-likeness (QED) is 0.794. The van der Waals surface area contributed by atoms with Crippen LogP contribution in [0.2, 0.25) is 0 Å². The maximum Gasteiger partial charge on any atom is 0.220 e. The third kappa shape index (κ3) is 2.61. The standard InChI is InChI=1S/C17H15NO4/c1-20-14-4-3-5-15(17(14)21-2)22-16-9-7-11-6-8-12(19)10-13(11)18-16/h3-10,19H,1-2H3. The van der Waals surface area contributed by atoms with Gasteiger partial charge in [-0.2, -0.15) is 0 Å². The zero-order valence-electron chi connectivity index (χ0n) is 12.2. The fraction of sp³-hybridized carbons (Fsp3) is 0.118. The van der Waals surface area contributed by atoms with Gasteiger partial charge in [0.1, 0.15) is 5.75 Å². The van der Waals surface area contributed by atoms with E-state index in [9.17, 15) is 5.11 Å². The zero-order chi connectivity index (χ0) is 15.5. The summed E-state index contributed by atoms with van der Waals surface area (Å²) >= 11 is 0. The van der Waals surface area contributed by atoms with E-state index in [1.807, 2.05) is 12.1 Å².